The molecule has 0 bridgehead atoms. The molecule has 7 heteroatoms. The first-order valence-electron chi connectivity index (χ1n) is 10.6. The van der Waals surface area contributed by atoms with E-state index in [1.807, 2.05) is 19.1 Å². The minimum atomic E-state index is -0.115. The Balaban J connectivity index is 1.38. The molecule has 4 heterocycles. The maximum atomic E-state index is 10.9. The molecule has 0 spiro atoms. The molecule has 3 aromatic heterocycles. The molecule has 6 nitrogen and oxygen atoms in total. The predicted octanol–water partition coefficient (Wildman–Crippen LogP) is 4.70. The van der Waals surface area contributed by atoms with Gasteiger partial charge in [0.2, 0.25) is 10.8 Å². The smallest absolute Gasteiger partial charge is 0.230 e. The zero-order valence-corrected chi connectivity index (χ0v) is 17.9. The molecule has 0 saturated carbocycles. The molecule has 1 N–H and O–H groups in total. The second kappa shape index (κ2) is 8.24. The third-order valence-corrected chi connectivity index (χ3v) is 7.07. The molecule has 0 aliphatic carbocycles. The molecule has 1 saturated heterocycles. The molecular weight excluding hydrogens is 396 g/mol. The number of furan rings is 1. The summed E-state index contributed by atoms with van der Waals surface area (Å²) in [5.41, 5.74) is 1.41. The number of fused-ring (bicyclic) bond motifs is 1. The van der Waals surface area contributed by atoms with Crippen molar-refractivity contribution in [2.75, 3.05) is 13.1 Å². The SMILES string of the molecule is CCc1nc2sc(C(c3ccco3)N3CCC(Cc4ccccc4)CC3)c(O)n2n1. The van der Waals surface area contributed by atoms with Gasteiger partial charge in [0, 0.05) is 6.42 Å². The molecular formula is C23H26N4O2S. The number of hydrogen-bond donors (Lipinski definition) is 1. The van der Waals surface area contributed by atoms with Crippen molar-refractivity contribution >= 4 is 16.3 Å². The van der Waals surface area contributed by atoms with Gasteiger partial charge in [0.15, 0.2) is 5.82 Å². The van der Waals surface area contributed by atoms with E-state index in [0.717, 1.165) is 60.2 Å². The fraction of sp³-hybridized carbons (Fsp3) is 0.391. The summed E-state index contributed by atoms with van der Waals surface area (Å²) in [4.78, 5) is 8.55. The van der Waals surface area contributed by atoms with E-state index in [-0.39, 0.29) is 11.9 Å². The second-order valence-electron chi connectivity index (χ2n) is 7.95. The lowest BCUT2D eigenvalue weighted by Crippen LogP contribution is -2.37. The summed E-state index contributed by atoms with van der Waals surface area (Å²) in [5.74, 6) is 2.46. The molecule has 4 aromatic rings. The number of benzene rings is 1. The average Bonchev–Trinajstić information content (AvgIpc) is 3.50. The third-order valence-electron chi connectivity index (χ3n) is 6.00. The van der Waals surface area contributed by atoms with E-state index >= 15 is 0 Å². The number of likely N-dealkylation sites (tertiary alicyclic amines) is 1. The Labute approximate surface area is 179 Å². The number of aromatic nitrogens is 3. The van der Waals surface area contributed by atoms with E-state index < -0.39 is 0 Å². The summed E-state index contributed by atoms with van der Waals surface area (Å²) in [5, 5.41) is 15.4. The summed E-state index contributed by atoms with van der Waals surface area (Å²) in [7, 11) is 0. The van der Waals surface area contributed by atoms with E-state index in [0.29, 0.717) is 5.92 Å². The molecule has 0 amide bonds. The van der Waals surface area contributed by atoms with Crippen molar-refractivity contribution < 1.29 is 9.52 Å². The van der Waals surface area contributed by atoms with Gasteiger partial charge in [0.1, 0.15) is 11.8 Å². The van der Waals surface area contributed by atoms with E-state index in [1.165, 1.54) is 16.9 Å². The van der Waals surface area contributed by atoms with Crippen LogP contribution in [0.3, 0.4) is 0 Å². The second-order valence-corrected chi connectivity index (χ2v) is 8.96. The summed E-state index contributed by atoms with van der Waals surface area (Å²) < 4.78 is 7.37. The molecule has 1 atom stereocenters. The van der Waals surface area contributed by atoms with Crippen LogP contribution in [0.2, 0.25) is 0 Å². The molecule has 5 rings (SSSR count). The quantitative estimate of drug-likeness (QED) is 0.488. The Kier molecular flexibility index (Phi) is 5.31. The zero-order valence-electron chi connectivity index (χ0n) is 17.1. The number of hydrogen-bond acceptors (Lipinski definition) is 6. The van der Waals surface area contributed by atoms with E-state index in [4.69, 9.17) is 4.42 Å². The first kappa shape index (κ1) is 19.3. The van der Waals surface area contributed by atoms with Gasteiger partial charge < -0.3 is 9.52 Å². The van der Waals surface area contributed by atoms with Crippen LogP contribution in [-0.4, -0.2) is 37.7 Å². The van der Waals surface area contributed by atoms with Crippen molar-refractivity contribution in [2.45, 2.75) is 38.6 Å². The van der Waals surface area contributed by atoms with Crippen molar-refractivity contribution in [3.8, 4) is 5.88 Å². The Bertz CT molecular complexity index is 1100. The summed E-state index contributed by atoms with van der Waals surface area (Å²) in [6.45, 7) is 3.95. The van der Waals surface area contributed by atoms with Gasteiger partial charge >= 0.3 is 0 Å². The van der Waals surface area contributed by atoms with Crippen molar-refractivity contribution in [1.82, 2.24) is 19.5 Å². The number of aryl methyl sites for hydroxylation is 1. The number of aromatic hydroxyl groups is 1. The standard InChI is InChI=1S/C23H26N4O2S/c1-2-19-24-23-27(25-19)22(28)21(30-23)20(18-9-6-14-29-18)26-12-10-17(11-13-26)15-16-7-4-3-5-8-16/h3-9,14,17,20,28H,2,10-13,15H2,1H3. The van der Waals surface area contributed by atoms with Crippen LogP contribution in [0.25, 0.3) is 4.96 Å². The monoisotopic (exact) mass is 422 g/mol. The molecule has 0 radical (unpaired) electrons. The highest BCUT2D eigenvalue weighted by atomic mass is 32.1. The maximum absolute atomic E-state index is 10.9. The third kappa shape index (κ3) is 3.63. The van der Waals surface area contributed by atoms with Gasteiger partial charge in [-0.3, -0.25) is 4.90 Å². The lowest BCUT2D eigenvalue weighted by atomic mass is 9.89. The Morgan fingerprint density at radius 2 is 1.97 bits per heavy atom. The van der Waals surface area contributed by atoms with Crippen LogP contribution in [0.1, 0.15) is 47.8 Å². The molecule has 1 aromatic carbocycles. The summed E-state index contributed by atoms with van der Waals surface area (Å²) in [6, 6.07) is 14.5. The van der Waals surface area contributed by atoms with E-state index in [9.17, 15) is 5.11 Å². The van der Waals surface area contributed by atoms with Gasteiger partial charge in [-0.1, -0.05) is 48.6 Å². The van der Waals surface area contributed by atoms with E-state index in [2.05, 4.69) is 45.3 Å². The van der Waals surface area contributed by atoms with Gasteiger partial charge in [-0.05, 0) is 56.0 Å². The molecule has 1 fully saturated rings. The van der Waals surface area contributed by atoms with Crippen molar-refractivity contribution in [1.29, 1.82) is 0 Å². The molecule has 1 aliphatic rings. The van der Waals surface area contributed by atoms with Crippen LogP contribution < -0.4 is 0 Å². The van der Waals surface area contributed by atoms with Crippen LogP contribution in [0.15, 0.2) is 53.1 Å². The normalized spacial score (nSPS) is 17.0. The van der Waals surface area contributed by atoms with E-state index in [1.54, 1.807) is 10.8 Å². The van der Waals surface area contributed by atoms with Crippen LogP contribution in [0.4, 0.5) is 0 Å². The van der Waals surface area contributed by atoms with Gasteiger partial charge in [-0.25, -0.2) is 4.98 Å². The lowest BCUT2D eigenvalue weighted by molar-refractivity contribution is 0.138. The topological polar surface area (TPSA) is 66.8 Å². The van der Waals surface area contributed by atoms with Gasteiger partial charge in [0.05, 0.1) is 11.1 Å². The zero-order chi connectivity index (χ0) is 20.5. The fourth-order valence-corrected chi connectivity index (χ4v) is 5.52. The van der Waals surface area contributed by atoms with Crippen LogP contribution >= 0.6 is 11.3 Å². The highest BCUT2D eigenvalue weighted by Gasteiger charge is 2.33. The van der Waals surface area contributed by atoms with Crippen molar-refractivity contribution in [2.24, 2.45) is 5.92 Å². The minimum absolute atomic E-state index is 0.115. The van der Waals surface area contributed by atoms with Crippen molar-refractivity contribution in [3.05, 3.63) is 70.8 Å². The summed E-state index contributed by atoms with van der Waals surface area (Å²) in [6.07, 6.45) is 5.84. The van der Waals surface area contributed by atoms with Gasteiger partial charge in [0.25, 0.3) is 0 Å². The Morgan fingerprint density at radius 3 is 2.63 bits per heavy atom. The molecule has 30 heavy (non-hydrogen) atoms. The lowest BCUT2D eigenvalue weighted by Gasteiger charge is -2.36. The number of thiazole rings is 1. The Morgan fingerprint density at radius 1 is 1.17 bits per heavy atom. The molecule has 156 valence electrons. The fourth-order valence-electron chi connectivity index (χ4n) is 4.40. The van der Waals surface area contributed by atoms with Gasteiger partial charge in [-0.2, -0.15) is 4.52 Å². The maximum Gasteiger partial charge on any atom is 0.230 e. The van der Waals surface area contributed by atoms with Crippen LogP contribution in [-0.2, 0) is 12.8 Å². The largest absolute Gasteiger partial charge is 0.492 e. The van der Waals surface area contributed by atoms with Gasteiger partial charge in [-0.15, -0.1) is 5.10 Å². The van der Waals surface area contributed by atoms with Crippen LogP contribution in [0, 0.1) is 5.92 Å². The number of rotatable bonds is 6. The highest BCUT2D eigenvalue weighted by Crippen LogP contribution is 2.41. The highest BCUT2D eigenvalue weighted by molar-refractivity contribution is 7.17. The molecule has 1 unspecified atom stereocenters. The first-order chi connectivity index (χ1) is 14.7. The first-order valence-corrected chi connectivity index (χ1v) is 11.4. The number of piperidine rings is 1. The predicted molar refractivity (Wildman–Crippen MR) is 117 cm³/mol. The van der Waals surface area contributed by atoms with Crippen molar-refractivity contribution in [3.63, 3.8) is 0 Å². The van der Waals surface area contributed by atoms with Crippen LogP contribution in [0.5, 0.6) is 5.88 Å². The Hall–Kier alpha value is -2.64. The molecule has 1 aliphatic heterocycles. The average molecular weight is 423 g/mol. The minimum Gasteiger partial charge on any atom is -0.492 e. The number of nitrogens with zero attached hydrogens (tertiary/aromatic N) is 4. The summed E-state index contributed by atoms with van der Waals surface area (Å²) >= 11 is 1.50.